The lowest BCUT2D eigenvalue weighted by atomic mass is 9.53. The molecule has 0 spiro atoms. The van der Waals surface area contributed by atoms with E-state index in [1.165, 1.54) is 44.9 Å². The second-order valence-electron chi connectivity index (χ2n) is 7.31. The summed E-state index contributed by atoms with van der Waals surface area (Å²) in [7, 11) is 0. The molecule has 4 bridgehead atoms. The van der Waals surface area contributed by atoms with Crippen LogP contribution in [0.4, 0.5) is 0 Å². The van der Waals surface area contributed by atoms with Crippen molar-refractivity contribution < 1.29 is 4.79 Å². The second-order valence-corrected chi connectivity index (χ2v) is 7.31. The van der Waals surface area contributed by atoms with Crippen LogP contribution in [0.2, 0.25) is 0 Å². The first kappa shape index (κ1) is 10.4. The molecule has 1 N–H and O–H groups in total. The molecular formula is C15H23NO. The summed E-state index contributed by atoms with van der Waals surface area (Å²) < 4.78 is 0. The maximum Gasteiger partial charge on any atom is 0.223 e. The largest absolute Gasteiger partial charge is 0.350 e. The molecule has 0 radical (unpaired) electrons. The quantitative estimate of drug-likeness (QED) is 0.780. The summed E-state index contributed by atoms with van der Waals surface area (Å²) in [6.45, 7) is 0. The van der Waals surface area contributed by atoms with E-state index in [0.29, 0.717) is 11.8 Å². The van der Waals surface area contributed by atoms with Gasteiger partial charge in [-0.1, -0.05) is 6.42 Å². The fourth-order valence-electron chi connectivity index (χ4n) is 5.30. The highest BCUT2D eigenvalue weighted by Crippen LogP contribution is 2.55. The summed E-state index contributed by atoms with van der Waals surface area (Å²) >= 11 is 0. The van der Waals surface area contributed by atoms with E-state index in [2.05, 4.69) is 5.32 Å². The lowest BCUT2D eigenvalue weighted by Crippen LogP contribution is -2.61. The van der Waals surface area contributed by atoms with Gasteiger partial charge in [-0.3, -0.25) is 4.79 Å². The minimum absolute atomic E-state index is 0.238. The topological polar surface area (TPSA) is 29.1 Å². The Morgan fingerprint density at radius 2 is 1.47 bits per heavy atom. The molecule has 5 aliphatic carbocycles. The van der Waals surface area contributed by atoms with Crippen molar-refractivity contribution in [2.24, 2.45) is 23.7 Å². The summed E-state index contributed by atoms with van der Waals surface area (Å²) in [6.07, 6.45) is 11.8. The molecule has 0 saturated heterocycles. The average molecular weight is 233 g/mol. The molecular weight excluding hydrogens is 210 g/mol. The molecule has 0 aromatic rings. The molecule has 0 unspecified atom stereocenters. The molecule has 1 amide bonds. The maximum atomic E-state index is 12.2. The van der Waals surface area contributed by atoms with Crippen LogP contribution in [-0.2, 0) is 4.79 Å². The van der Waals surface area contributed by atoms with Crippen molar-refractivity contribution >= 4 is 5.91 Å². The van der Waals surface area contributed by atoms with Crippen LogP contribution in [0.15, 0.2) is 0 Å². The summed E-state index contributed by atoms with van der Waals surface area (Å²) in [4.78, 5) is 12.2. The zero-order valence-corrected chi connectivity index (χ0v) is 10.6. The molecule has 5 aliphatic rings. The molecule has 5 saturated carbocycles. The standard InChI is InChI=1S/C15H23NO/c17-14(13-2-1-3-13)16-15-7-10-4-11(8-15)6-12(5-10)9-15/h10-13H,1-9H2,(H,16,17). The molecule has 5 fully saturated rings. The first-order valence-electron chi connectivity index (χ1n) is 7.54. The van der Waals surface area contributed by atoms with E-state index in [9.17, 15) is 4.79 Å². The van der Waals surface area contributed by atoms with Gasteiger partial charge in [-0.15, -0.1) is 0 Å². The van der Waals surface area contributed by atoms with E-state index in [0.717, 1.165) is 30.6 Å². The van der Waals surface area contributed by atoms with E-state index < -0.39 is 0 Å². The third-order valence-electron chi connectivity index (χ3n) is 5.90. The Balaban J connectivity index is 1.50. The monoisotopic (exact) mass is 233 g/mol. The van der Waals surface area contributed by atoms with Gasteiger partial charge in [0, 0.05) is 11.5 Å². The van der Waals surface area contributed by atoms with Crippen molar-refractivity contribution in [2.75, 3.05) is 0 Å². The highest BCUT2D eigenvalue weighted by molar-refractivity contribution is 5.80. The SMILES string of the molecule is O=C(NC12CC3CC(CC(C3)C1)C2)C1CCC1. The zero-order chi connectivity index (χ0) is 11.5. The third-order valence-corrected chi connectivity index (χ3v) is 5.90. The maximum absolute atomic E-state index is 12.2. The second kappa shape index (κ2) is 3.49. The summed E-state index contributed by atoms with van der Waals surface area (Å²) in [5.74, 6) is 3.55. The van der Waals surface area contributed by atoms with Crippen LogP contribution in [-0.4, -0.2) is 11.4 Å². The highest BCUT2D eigenvalue weighted by Gasteiger charge is 2.51. The van der Waals surface area contributed by atoms with Gasteiger partial charge >= 0.3 is 0 Å². The fraction of sp³-hybridized carbons (Fsp3) is 0.933. The Hall–Kier alpha value is -0.530. The zero-order valence-electron chi connectivity index (χ0n) is 10.6. The summed E-state index contributed by atoms with van der Waals surface area (Å²) in [6, 6.07) is 0. The van der Waals surface area contributed by atoms with Gasteiger partial charge in [-0.05, 0) is 69.1 Å². The molecule has 0 aromatic carbocycles. The van der Waals surface area contributed by atoms with Crippen LogP contribution in [0.25, 0.3) is 0 Å². The van der Waals surface area contributed by atoms with Crippen molar-refractivity contribution in [1.29, 1.82) is 0 Å². The molecule has 2 heteroatoms. The van der Waals surface area contributed by atoms with Gasteiger partial charge in [-0.25, -0.2) is 0 Å². The fourth-order valence-corrected chi connectivity index (χ4v) is 5.30. The van der Waals surface area contributed by atoms with E-state index >= 15 is 0 Å². The van der Waals surface area contributed by atoms with Gasteiger partial charge in [-0.2, -0.15) is 0 Å². The first-order chi connectivity index (χ1) is 8.22. The van der Waals surface area contributed by atoms with Gasteiger partial charge in [0.1, 0.15) is 0 Å². The Labute approximate surface area is 104 Å². The van der Waals surface area contributed by atoms with Gasteiger partial charge in [0.05, 0.1) is 0 Å². The Morgan fingerprint density at radius 3 is 1.88 bits per heavy atom. The van der Waals surface area contributed by atoms with Crippen LogP contribution in [0, 0.1) is 23.7 Å². The predicted molar refractivity (Wildman–Crippen MR) is 66.4 cm³/mol. The number of carbonyl (C=O) groups excluding carboxylic acids is 1. The first-order valence-corrected chi connectivity index (χ1v) is 7.54. The van der Waals surface area contributed by atoms with Crippen LogP contribution < -0.4 is 5.32 Å². The smallest absolute Gasteiger partial charge is 0.223 e. The number of rotatable bonds is 2. The van der Waals surface area contributed by atoms with Crippen LogP contribution in [0.1, 0.15) is 57.8 Å². The molecule has 0 atom stereocenters. The third kappa shape index (κ3) is 1.63. The van der Waals surface area contributed by atoms with Gasteiger partial charge in [0.15, 0.2) is 0 Å². The van der Waals surface area contributed by atoms with Crippen molar-refractivity contribution in [3.8, 4) is 0 Å². The summed E-state index contributed by atoms with van der Waals surface area (Å²) in [5, 5.41) is 3.49. The van der Waals surface area contributed by atoms with E-state index in [1.807, 2.05) is 0 Å². The van der Waals surface area contributed by atoms with Crippen molar-refractivity contribution in [3.05, 3.63) is 0 Å². The van der Waals surface area contributed by atoms with Crippen molar-refractivity contribution in [1.82, 2.24) is 5.32 Å². The molecule has 0 aromatic heterocycles. The lowest BCUT2D eigenvalue weighted by molar-refractivity contribution is -0.133. The Bertz CT molecular complexity index is 310. The van der Waals surface area contributed by atoms with E-state index in [-0.39, 0.29) is 5.54 Å². The average Bonchev–Trinajstić information content (AvgIpc) is 2.09. The normalized spacial score (nSPS) is 47.9. The number of carbonyl (C=O) groups is 1. The van der Waals surface area contributed by atoms with Gasteiger partial charge < -0.3 is 5.32 Å². The van der Waals surface area contributed by atoms with Crippen molar-refractivity contribution in [2.45, 2.75) is 63.3 Å². The Morgan fingerprint density at radius 1 is 0.941 bits per heavy atom. The Kier molecular flexibility index (Phi) is 2.13. The molecule has 2 nitrogen and oxygen atoms in total. The van der Waals surface area contributed by atoms with Crippen LogP contribution in [0.3, 0.4) is 0 Å². The molecule has 0 heterocycles. The molecule has 0 aliphatic heterocycles. The van der Waals surface area contributed by atoms with Gasteiger partial charge in [0.25, 0.3) is 0 Å². The summed E-state index contributed by atoms with van der Waals surface area (Å²) in [5.41, 5.74) is 0.238. The van der Waals surface area contributed by atoms with Crippen LogP contribution >= 0.6 is 0 Å². The molecule has 17 heavy (non-hydrogen) atoms. The van der Waals surface area contributed by atoms with Crippen molar-refractivity contribution in [3.63, 3.8) is 0 Å². The van der Waals surface area contributed by atoms with E-state index in [4.69, 9.17) is 0 Å². The minimum Gasteiger partial charge on any atom is -0.350 e. The van der Waals surface area contributed by atoms with Gasteiger partial charge in [0.2, 0.25) is 5.91 Å². The number of hydrogen-bond acceptors (Lipinski definition) is 1. The molecule has 94 valence electrons. The number of amides is 1. The van der Waals surface area contributed by atoms with E-state index in [1.54, 1.807) is 0 Å². The predicted octanol–water partition coefficient (Wildman–Crippen LogP) is 2.87. The number of hydrogen-bond donors (Lipinski definition) is 1. The molecule has 5 rings (SSSR count). The highest BCUT2D eigenvalue weighted by atomic mass is 16.2. The minimum atomic E-state index is 0.238. The lowest BCUT2D eigenvalue weighted by Gasteiger charge is -2.57. The van der Waals surface area contributed by atoms with Crippen LogP contribution in [0.5, 0.6) is 0 Å². The number of nitrogens with one attached hydrogen (secondary N) is 1.